The molecule has 1 amide bonds. The van der Waals surface area contributed by atoms with Crippen molar-refractivity contribution < 1.29 is 14.7 Å². The van der Waals surface area contributed by atoms with E-state index in [1.54, 1.807) is 38.7 Å². The molecule has 106 valence electrons. The van der Waals surface area contributed by atoms with E-state index in [0.717, 1.165) is 5.69 Å². The Hall–Kier alpha value is -1.85. The minimum atomic E-state index is -1.12. The highest BCUT2D eigenvalue weighted by Crippen LogP contribution is 2.28. The highest BCUT2D eigenvalue weighted by molar-refractivity contribution is 6.05. The van der Waals surface area contributed by atoms with Gasteiger partial charge in [-0.1, -0.05) is 27.7 Å². The summed E-state index contributed by atoms with van der Waals surface area (Å²) in [7, 11) is 1.76. The Morgan fingerprint density at radius 3 is 2.47 bits per heavy atom. The van der Waals surface area contributed by atoms with Gasteiger partial charge in [-0.25, -0.2) is 0 Å². The number of rotatable bonds is 4. The first-order valence-corrected chi connectivity index (χ1v) is 6.23. The van der Waals surface area contributed by atoms with Crippen LogP contribution in [0.5, 0.6) is 0 Å². The maximum atomic E-state index is 12.1. The lowest BCUT2D eigenvalue weighted by Gasteiger charge is -2.25. The largest absolute Gasteiger partial charge is 0.481 e. The zero-order chi connectivity index (χ0) is 14.8. The van der Waals surface area contributed by atoms with Gasteiger partial charge in [0.2, 0.25) is 5.91 Å². The SMILES string of the molecule is CCc1nn(C)cc1NC(=O)C(C(=O)O)C(C)(C)C. The first kappa shape index (κ1) is 15.2. The van der Waals surface area contributed by atoms with Crippen LogP contribution in [-0.2, 0) is 23.1 Å². The van der Waals surface area contributed by atoms with E-state index in [2.05, 4.69) is 10.4 Å². The van der Waals surface area contributed by atoms with Gasteiger partial charge >= 0.3 is 5.97 Å². The fraction of sp³-hybridized carbons (Fsp3) is 0.615. The van der Waals surface area contributed by atoms with Crippen molar-refractivity contribution in [1.29, 1.82) is 0 Å². The molecule has 19 heavy (non-hydrogen) atoms. The van der Waals surface area contributed by atoms with Crippen molar-refractivity contribution in [1.82, 2.24) is 9.78 Å². The number of aliphatic carboxylic acids is 1. The first-order chi connectivity index (χ1) is 8.66. The molecule has 1 atom stereocenters. The van der Waals surface area contributed by atoms with Gasteiger partial charge in [0.25, 0.3) is 0 Å². The molecule has 0 spiro atoms. The monoisotopic (exact) mass is 267 g/mol. The third-order valence-electron chi connectivity index (χ3n) is 2.87. The lowest BCUT2D eigenvalue weighted by molar-refractivity contribution is -0.149. The van der Waals surface area contributed by atoms with Crippen molar-refractivity contribution in [3.05, 3.63) is 11.9 Å². The van der Waals surface area contributed by atoms with Crippen LogP contribution >= 0.6 is 0 Å². The maximum Gasteiger partial charge on any atom is 0.316 e. The molecule has 1 aromatic rings. The minimum Gasteiger partial charge on any atom is -0.481 e. The molecule has 0 fully saturated rings. The van der Waals surface area contributed by atoms with Crippen molar-refractivity contribution in [3.63, 3.8) is 0 Å². The second kappa shape index (κ2) is 5.42. The summed E-state index contributed by atoms with van der Waals surface area (Å²) in [5.74, 6) is -2.73. The van der Waals surface area contributed by atoms with Crippen LogP contribution in [0.4, 0.5) is 5.69 Å². The zero-order valence-electron chi connectivity index (χ0n) is 12.0. The van der Waals surface area contributed by atoms with Crippen molar-refractivity contribution >= 4 is 17.6 Å². The Morgan fingerprint density at radius 2 is 2.05 bits per heavy atom. The van der Waals surface area contributed by atoms with Gasteiger partial charge < -0.3 is 10.4 Å². The van der Waals surface area contributed by atoms with Crippen LogP contribution in [0.1, 0.15) is 33.4 Å². The summed E-state index contributed by atoms with van der Waals surface area (Å²) in [6.45, 7) is 7.12. The van der Waals surface area contributed by atoms with Crippen LogP contribution in [0, 0.1) is 11.3 Å². The van der Waals surface area contributed by atoms with Crippen molar-refractivity contribution in [2.45, 2.75) is 34.1 Å². The van der Waals surface area contributed by atoms with E-state index in [1.807, 2.05) is 6.92 Å². The molecule has 0 aromatic carbocycles. The molecule has 2 N–H and O–H groups in total. The second-order valence-corrected chi connectivity index (χ2v) is 5.64. The quantitative estimate of drug-likeness (QED) is 0.813. The van der Waals surface area contributed by atoms with E-state index < -0.39 is 23.2 Å². The molecular weight excluding hydrogens is 246 g/mol. The number of anilines is 1. The molecule has 6 nitrogen and oxygen atoms in total. The summed E-state index contributed by atoms with van der Waals surface area (Å²) < 4.78 is 1.60. The van der Waals surface area contributed by atoms with E-state index >= 15 is 0 Å². The summed E-state index contributed by atoms with van der Waals surface area (Å²) in [5.41, 5.74) is 0.671. The number of amides is 1. The average molecular weight is 267 g/mol. The van der Waals surface area contributed by atoms with Gasteiger partial charge in [-0.05, 0) is 11.8 Å². The van der Waals surface area contributed by atoms with Crippen LogP contribution in [0.15, 0.2) is 6.20 Å². The Bertz CT molecular complexity index is 486. The van der Waals surface area contributed by atoms with Gasteiger partial charge in [0.1, 0.15) is 5.92 Å². The molecule has 1 rings (SSSR count). The van der Waals surface area contributed by atoms with Crippen LogP contribution in [-0.4, -0.2) is 26.8 Å². The van der Waals surface area contributed by atoms with Gasteiger partial charge in [0, 0.05) is 13.2 Å². The Labute approximate surface area is 112 Å². The molecule has 0 saturated carbocycles. The molecule has 0 aliphatic carbocycles. The van der Waals surface area contributed by atoms with Crippen LogP contribution in [0.25, 0.3) is 0 Å². The third-order valence-corrected chi connectivity index (χ3v) is 2.87. The fourth-order valence-corrected chi connectivity index (χ4v) is 1.98. The molecule has 0 radical (unpaired) electrons. The Balaban J connectivity index is 2.97. The van der Waals surface area contributed by atoms with Crippen molar-refractivity contribution in [2.75, 3.05) is 5.32 Å². The van der Waals surface area contributed by atoms with Gasteiger partial charge in [0.05, 0.1) is 11.4 Å². The number of carboxylic acid groups (broad SMARTS) is 1. The van der Waals surface area contributed by atoms with E-state index in [9.17, 15) is 14.7 Å². The summed E-state index contributed by atoms with van der Waals surface area (Å²) in [4.78, 5) is 23.4. The summed E-state index contributed by atoms with van der Waals surface area (Å²) >= 11 is 0. The van der Waals surface area contributed by atoms with Gasteiger partial charge in [0.15, 0.2) is 0 Å². The molecule has 0 saturated heterocycles. The van der Waals surface area contributed by atoms with E-state index in [4.69, 9.17) is 0 Å². The molecule has 1 aromatic heterocycles. The molecule has 0 bridgehead atoms. The fourth-order valence-electron chi connectivity index (χ4n) is 1.98. The molecule has 6 heteroatoms. The van der Waals surface area contributed by atoms with Crippen molar-refractivity contribution in [3.8, 4) is 0 Å². The molecule has 1 unspecified atom stereocenters. The number of hydrogen-bond donors (Lipinski definition) is 2. The highest BCUT2D eigenvalue weighted by Gasteiger charge is 2.38. The number of nitrogens with one attached hydrogen (secondary N) is 1. The van der Waals surface area contributed by atoms with Gasteiger partial charge in [-0.15, -0.1) is 0 Å². The predicted octanol–water partition coefficient (Wildman–Crippen LogP) is 1.67. The number of nitrogens with zero attached hydrogens (tertiary/aromatic N) is 2. The van der Waals surface area contributed by atoms with Crippen molar-refractivity contribution in [2.24, 2.45) is 18.4 Å². The highest BCUT2D eigenvalue weighted by atomic mass is 16.4. The van der Waals surface area contributed by atoms with Gasteiger partial charge in [-0.2, -0.15) is 5.10 Å². The molecular formula is C13H21N3O3. The third kappa shape index (κ3) is 3.56. The number of aryl methyl sites for hydroxylation is 2. The lowest BCUT2D eigenvalue weighted by atomic mass is 9.80. The minimum absolute atomic E-state index is 0.511. The Morgan fingerprint density at radius 1 is 1.47 bits per heavy atom. The summed E-state index contributed by atoms with van der Waals surface area (Å²) in [6, 6.07) is 0. The first-order valence-electron chi connectivity index (χ1n) is 6.23. The van der Waals surface area contributed by atoms with E-state index in [1.165, 1.54) is 0 Å². The number of hydrogen-bond acceptors (Lipinski definition) is 3. The molecule has 1 heterocycles. The standard InChI is InChI=1S/C13H21N3O3/c1-6-8-9(7-16(5)15-8)14-11(17)10(12(18)19)13(2,3)4/h7,10H,6H2,1-5H3,(H,14,17)(H,18,19). The number of carbonyl (C=O) groups excluding carboxylic acids is 1. The molecule has 0 aliphatic rings. The number of carbonyl (C=O) groups is 2. The van der Waals surface area contributed by atoms with Crippen LogP contribution < -0.4 is 5.32 Å². The van der Waals surface area contributed by atoms with Gasteiger partial charge in [-0.3, -0.25) is 14.3 Å². The smallest absolute Gasteiger partial charge is 0.316 e. The maximum absolute atomic E-state index is 12.1. The van der Waals surface area contributed by atoms with Crippen LogP contribution in [0.3, 0.4) is 0 Å². The van der Waals surface area contributed by atoms with E-state index in [-0.39, 0.29) is 0 Å². The zero-order valence-corrected chi connectivity index (χ0v) is 12.0. The Kier molecular flexibility index (Phi) is 4.34. The number of carboxylic acids is 1. The topological polar surface area (TPSA) is 84.2 Å². The molecule has 0 aliphatic heterocycles. The summed E-state index contributed by atoms with van der Waals surface area (Å²) in [6.07, 6.45) is 2.35. The summed E-state index contributed by atoms with van der Waals surface area (Å²) in [5, 5.41) is 16.1. The van der Waals surface area contributed by atoms with E-state index in [0.29, 0.717) is 12.1 Å². The predicted molar refractivity (Wildman–Crippen MR) is 71.8 cm³/mol. The van der Waals surface area contributed by atoms with Crippen LogP contribution in [0.2, 0.25) is 0 Å². The second-order valence-electron chi connectivity index (χ2n) is 5.64. The lowest BCUT2D eigenvalue weighted by Crippen LogP contribution is -2.39. The normalized spacial score (nSPS) is 13.1. The number of aromatic nitrogens is 2. The average Bonchev–Trinajstić information content (AvgIpc) is 2.55.